The predicted molar refractivity (Wildman–Crippen MR) is 125 cm³/mol. The molecule has 2 heterocycles. The van der Waals surface area contributed by atoms with Crippen LogP contribution in [0.5, 0.6) is 0 Å². The third-order valence-electron chi connectivity index (χ3n) is 5.15. The summed E-state index contributed by atoms with van der Waals surface area (Å²) in [6, 6.07) is 25.4. The molecule has 0 atom stereocenters. The van der Waals surface area contributed by atoms with Gasteiger partial charge in [0, 0.05) is 0 Å². The first-order valence-corrected chi connectivity index (χ1v) is 11.2. The normalized spacial score (nSPS) is 11.2. The van der Waals surface area contributed by atoms with E-state index in [-0.39, 0.29) is 5.56 Å². The minimum atomic E-state index is -0.0543. The van der Waals surface area contributed by atoms with Crippen molar-refractivity contribution in [1.82, 2.24) is 29.8 Å². The van der Waals surface area contributed by atoms with Gasteiger partial charge in [0.2, 0.25) is 0 Å². The molecule has 32 heavy (non-hydrogen) atoms. The smallest absolute Gasteiger partial charge is 0.262 e. The Labute approximate surface area is 188 Å². The first-order chi connectivity index (χ1) is 15.7. The Morgan fingerprint density at radius 3 is 2.47 bits per heavy atom. The Morgan fingerprint density at radius 1 is 0.906 bits per heavy atom. The van der Waals surface area contributed by atoms with Crippen LogP contribution < -0.4 is 5.56 Å². The second-order valence-electron chi connectivity index (χ2n) is 7.42. The first-order valence-electron chi connectivity index (χ1n) is 10.2. The molecule has 158 valence electrons. The van der Waals surface area contributed by atoms with Crippen LogP contribution in [0.15, 0.2) is 88.8 Å². The highest BCUT2D eigenvalue weighted by Crippen LogP contribution is 2.23. The standard InChI is InChI=1S/C24H20N6OS/c1-17-11-13-18(14-12-17)15-29-23(31)20-9-5-6-10-21(20)25-24(29)32-16-22-26-27-28-30(22)19-7-3-2-4-8-19/h2-14H,15-16H2,1H3. The number of rotatable bonds is 6. The lowest BCUT2D eigenvalue weighted by atomic mass is 10.1. The van der Waals surface area contributed by atoms with E-state index in [1.54, 1.807) is 9.25 Å². The zero-order chi connectivity index (χ0) is 21.9. The van der Waals surface area contributed by atoms with Crippen LogP contribution in [-0.4, -0.2) is 29.8 Å². The van der Waals surface area contributed by atoms with Gasteiger partial charge in [-0.15, -0.1) is 5.10 Å². The highest BCUT2D eigenvalue weighted by molar-refractivity contribution is 7.98. The fraction of sp³-hybridized carbons (Fsp3) is 0.125. The van der Waals surface area contributed by atoms with Crippen LogP contribution in [0.1, 0.15) is 17.0 Å². The van der Waals surface area contributed by atoms with E-state index >= 15 is 0 Å². The van der Waals surface area contributed by atoms with E-state index < -0.39 is 0 Å². The van der Waals surface area contributed by atoms with E-state index in [0.717, 1.165) is 11.3 Å². The minimum absolute atomic E-state index is 0.0543. The molecule has 0 saturated carbocycles. The average Bonchev–Trinajstić information content (AvgIpc) is 3.30. The fourth-order valence-electron chi connectivity index (χ4n) is 3.47. The van der Waals surface area contributed by atoms with Gasteiger partial charge in [-0.05, 0) is 47.2 Å². The van der Waals surface area contributed by atoms with Crippen molar-refractivity contribution in [3.8, 4) is 5.69 Å². The summed E-state index contributed by atoms with van der Waals surface area (Å²) in [6.07, 6.45) is 0. The number of aryl methyl sites for hydroxylation is 1. The topological polar surface area (TPSA) is 78.5 Å². The van der Waals surface area contributed by atoms with Crippen molar-refractivity contribution in [3.63, 3.8) is 0 Å². The number of thioether (sulfide) groups is 1. The maximum Gasteiger partial charge on any atom is 0.262 e. The molecule has 0 fully saturated rings. The molecule has 0 aliphatic rings. The molecule has 0 radical (unpaired) electrons. The molecule has 0 amide bonds. The number of tetrazole rings is 1. The summed E-state index contributed by atoms with van der Waals surface area (Å²) in [4.78, 5) is 18.1. The number of hydrogen-bond donors (Lipinski definition) is 0. The lowest BCUT2D eigenvalue weighted by Crippen LogP contribution is -2.24. The average molecular weight is 441 g/mol. The lowest BCUT2D eigenvalue weighted by molar-refractivity contribution is 0.657. The molecule has 0 aliphatic carbocycles. The van der Waals surface area contributed by atoms with Gasteiger partial charge in [0.05, 0.1) is 28.9 Å². The molecule has 5 rings (SSSR count). The van der Waals surface area contributed by atoms with Crippen LogP contribution in [-0.2, 0) is 12.3 Å². The van der Waals surface area contributed by atoms with Crippen molar-refractivity contribution in [3.05, 3.63) is 106 Å². The van der Waals surface area contributed by atoms with Gasteiger partial charge in [-0.2, -0.15) is 4.68 Å². The maximum absolute atomic E-state index is 13.3. The van der Waals surface area contributed by atoms with E-state index in [2.05, 4.69) is 27.7 Å². The summed E-state index contributed by atoms with van der Waals surface area (Å²) in [5, 5.41) is 13.4. The van der Waals surface area contributed by atoms with Crippen LogP contribution in [0.4, 0.5) is 0 Å². The number of aromatic nitrogens is 6. The molecule has 0 spiro atoms. The van der Waals surface area contributed by atoms with E-state index in [9.17, 15) is 4.79 Å². The molecular formula is C24H20N6OS. The Balaban J connectivity index is 1.51. The van der Waals surface area contributed by atoms with Crippen molar-refractivity contribution in [2.75, 3.05) is 0 Å². The van der Waals surface area contributed by atoms with Crippen molar-refractivity contribution < 1.29 is 0 Å². The van der Waals surface area contributed by atoms with E-state index in [4.69, 9.17) is 4.98 Å². The SMILES string of the molecule is Cc1ccc(Cn2c(SCc3nnnn3-c3ccccc3)nc3ccccc3c2=O)cc1. The molecule has 0 aliphatic heterocycles. The van der Waals surface area contributed by atoms with Gasteiger partial charge in [-0.1, -0.05) is 71.9 Å². The van der Waals surface area contributed by atoms with Crippen LogP contribution in [0.2, 0.25) is 0 Å². The number of benzene rings is 3. The molecule has 8 heteroatoms. The summed E-state index contributed by atoms with van der Waals surface area (Å²) in [7, 11) is 0. The number of hydrogen-bond acceptors (Lipinski definition) is 6. The van der Waals surface area contributed by atoms with E-state index in [0.29, 0.717) is 34.2 Å². The van der Waals surface area contributed by atoms with Crippen molar-refractivity contribution >= 4 is 22.7 Å². The largest absolute Gasteiger partial charge is 0.283 e. The van der Waals surface area contributed by atoms with E-state index in [1.807, 2.05) is 73.7 Å². The van der Waals surface area contributed by atoms with Crippen molar-refractivity contribution in [2.45, 2.75) is 24.4 Å². The molecule has 0 unspecified atom stereocenters. The van der Waals surface area contributed by atoms with Crippen molar-refractivity contribution in [2.24, 2.45) is 0 Å². The molecule has 5 aromatic rings. The van der Waals surface area contributed by atoms with Gasteiger partial charge >= 0.3 is 0 Å². The minimum Gasteiger partial charge on any atom is -0.283 e. The zero-order valence-corrected chi connectivity index (χ0v) is 18.2. The highest BCUT2D eigenvalue weighted by Gasteiger charge is 2.15. The first kappa shape index (κ1) is 20.1. The molecule has 2 aromatic heterocycles. The lowest BCUT2D eigenvalue weighted by Gasteiger charge is -2.13. The van der Waals surface area contributed by atoms with Crippen LogP contribution in [0.3, 0.4) is 0 Å². The van der Waals surface area contributed by atoms with Gasteiger partial charge in [0.15, 0.2) is 11.0 Å². The van der Waals surface area contributed by atoms with Crippen LogP contribution in [0, 0.1) is 6.92 Å². The number of para-hydroxylation sites is 2. The van der Waals surface area contributed by atoms with Crippen molar-refractivity contribution in [1.29, 1.82) is 0 Å². The van der Waals surface area contributed by atoms with Gasteiger partial charge in [-0.3, -0.25) is 9.36 Å². The van der Waals surface area contributed by atoms with Gasteiger partial charge < -0.3 is 0 Å². The molecule has 7 nitrogen and oxygen atoms in total. The highest BCUT2D eigenvalue weighted by atomic mass is 32.2. The van der Waals surface area contributed by atoms with E-state index in [1.165, 1.54) is 17.3 Å². The zero-order valence-electron chi connectivity index (χ0n) is 17.4. The summed E-state index contributed by atoms with van der Waals surface area (Å²) >= 11 is 1.45. The third-order valence-corrected chi connectivity index (χ3v) is 6.13. The fourth-order valence-corrected chi connectivity index (χ4v) is 4.37. The van der Waals surface area contributed by atoms with Gasteiger partial charge in [0.1, 0.15) is 0 Å². The Morgan fingerprint density at radius 2 is 1.66 bits per heavy atom. The molecule has 0 saturated heterocycles. The molecule has 3 aromatic carbocycles. The summed E-state index contributed by atoms with van der Waals surface area (Å²) in [5.74, 6) is 1.16. The molecular weight excluding hydrogens is 420 g/mol. The second-order valence-corrected chi connectivity index (χ2v) is 8.36. The Kier molecular flexibility index (Phi) is 5.51. The molecule has 0 bridgehead atoms. The Bertz CT molecular complexity index is 1430. The third kappa shape index (κ3) is 4.04. The summed E-state index contributed by atoms with van der Waals surface area (Å²) in [5.41, 5.74) is 3.74. The summed E-state index contributed by atoms with van der Waals surface area (Å²) in [6.45, 7) is 2.49. The monoisotopic (exact) mass is 440 g/mol. The molecule has 0 N–H and O–H groups in total. The second kappa shape index (κ2) is 8.76. The summed E-state index contributed by atoms with van der Waals surface area (Å²) < 4.78 is 3.44. The predicted octanol–water partition coefficient (Wildman–Crippen LogP) is 4.02. The Hall–Kier alpha value is -3.78. The number of fused-ring (bicyclic) bond motifs is 1. The van der Waals surface area contributed by atoms with Gasteiger partial charge in [-0.25, -0.2) is 4.98 Å². The van der Waals surface area contributed by atoms with Crippen LogP contribution >= 0.6 is 11.8 Å². The van der Waals surface area contributed by atoms with Crippen LogP contribution in [0.25, 0.3) is 16.6 Å². The maximum atomic E-state index is 13.3. The van der Waals surface area contributed by atoms with Gasteiger partial charge in [0.25, 0.3) is 5.56 Å². The quantitative estimate of drug-likeness (QED) is 0.293. The number of nitrogens with zero attached hydrogens (tertiary/aromatic N) is 6.